The number of anilines is 2. The van der Waals surface area contributed by atoms with Crippen LogP contribution in [0.15, 0.2) is 0 Å². The highest BCUT2D eigenvalue weighted by Gasteiger charge is 2.20. The number of nitrogens with one attached hydrogen (secondary N) is 2. The van der Waals surface area contributed by atoms with Gasteiger partial charge in [-0.1, -0.05) is 20.8 Å². The Morgan fingerprint density at radius 2 is 1.70 bits per heavy atom. The van der Waals surface area contributed by atoms with Crippen LogP contribution < -0.4 is 10.6 Å². The minimum Gasteiger partial charge on any atom is -0.373 e. The fraction of sp³-hybridized carbons (Fsp3) is 0.692. The average molecular weight is 300 g/mol. The van der Waals surface area contributed by atoms with Crippen LogP contribution in [0.1, 0.15) is 32.2 Å². The van der Waals surface area contributed by atoms with Crippen molar-refractivity contribution in [3.63, 3.8) is 0 Å². The molecule has 0 aromatic carbocycles. The van der Waals surface area contributed by atoms with Crippen molar-refractivity contribution in [2.75, 3.05) is 36.2 Å². The topological polar surface area (TPSA) is 84.0 Å². The highest BCUT2D eigenvalue weighted by molar-refractivity contribution is 7.90. The molecule has 0 amide bonds. The fourth-order valence-corrected chi connectivity index (χ4v) is 2.10. The third kappa shape index (κ3) is 4.63. The molecular formula is C13H24N4O2S. The summed E-state index contributed by atoms with van der Waals surface area (Å²) >= 11 is 0. The van der Waals surface area contributed by atoms with E-state index in [2.05, 4.69) is 20.6 Å². The predicted octanol–water partition coefficient (Wildman–Crippen LogP) is 1.58. The molecule has 7 heteroatoms. The molecule has 0 aliphatic rings. The maximum Gasteiger partial charge on any atom is 0.149 e. The normalized spacial score (nSPS) is 12.3. The van der Waals surface area contributed by atoms with Gasteiger partial charge in [0.25, 0.3) is 0 Å². The molecule has 6 nitrogen and oxygen atoms in total. The van der Waals surface area contributed by atoms with Gasteiger partial charge in [0.2, 0.25) is 0 Å². The van der Waals surface area contributed by atoms with Crippen LogP contribution in [0, 0.1) is 6.92 Å². The zero-order valence-corrected chi connectivity index (χ0v) is 13.8. The Balaban J connectivity index is 3.05. The van der Waals surface area contributed by atoms with E-state index >= 15 is 0 Å². The van der Waals surface area contributed by atoms with Crippen LogP contribution in [0.3, 0.4) is 0 Å². The third-order valence-corrected chi connectivity index (χ3v) is 3.76. The summed E-state index contributed by atoms with van der Waals surface area (Å²) in [7, 11) is -1.18. The van der Waals surface area contributed by atoms with Crippen LogP contribution in [-0.2, 0) is 15.3 Å². The molecule has 1 heterocycles. The van der Waals surface area contributed by atoms with E-state index in [4.69, 9.17) is 0 Å². The van der Waals surface area contributed by atoms with E-state index in [0.717, 1.165) is 11.4 Å². The average Bonchev–Trinajstić information content (AvgIpc) is 2.28. The lowest BCUT2D eigenvalue weighted by atomic mass is 9.95. The lowest BCUT2D eigenvalue weighted by Gasteiger charge is -2.20. The van der Waals surface area contributed by atoms with Crippen molar-refractivity contribution in [3.05, 3.63) is 11.4 Å². The molecule has 0 bridgehead atoms. The summed E-state index contributed by atoms with van der Waals surface area (Å²) in [4.78, 5) is 9.01. The molecule has 0 fully saturated rings. The summed E-state index contributed by atoms with van der Waals surface area (Å²) in [5.41, 5.74) is 0.709. The minimum absolute atomic E-state index is 0.0795. The first kappa shape index (κ1) is 16.7. The first-order chi connectivity index (χ1) is 9.04. The van der Waals surface area contributed by atoms with Crippen LogP contribution in [0.5, 0.6) is 0 Å². The fourth-order valence-electron chi connectivity index (χ4n) is 1.62. The minimum atomic E-state index is -2.98. The SMILES string of the molecule is CNc1nc(C(C)(C)C)nc(NCCS(C)(=O)=O)c1C. The maximum atomic E-state index is 11.2. The second-order valence-corrected chi connectivity index (χ2v) is 8.19. The number of nitrogens with zero attached hydrogens (tertiary/aromatic N) is 2. The Labute approximate surface area is 121 Å². The number of aromatic nitrogens is 2. The molecule has 0 aliphatic heterocycles. The lowest BCUT2D eigenvalue weighted by Crippen LogP contribution is -2.21. The molecule has 0 radical (unpaired) electrons. The molecule has 20 heavy (non-hydrogen) atoms. The monoisotopic (exact) mass is 300 g/mol. The Bertz CT molecular complexity index is 577. The predicted molar refractivity (Wildman–Crippen MR) is 83.2 cm³/mol. The largest absolute Gasteiger partial charge is 0.373 e. The van der Waals surface area contributed by atoms with Crippen LogP contribution in [-0.4, -0.2) is 44.0 Å². The number of rotatable bonds is 5. The van der Waals surface area contributed by atoms with Gasteiger partial charge in [0, 0.05) is 30.8 Å². The first-order valence-electron chi connectivity index (χ1n) is 6.53. The smallest absolute Gasteiger partial charge is 0.149 e. The zero-order chi connectivity index (χ0) is 15.6. The summed E-state index contributed by atoms with van der Waals surface area (Å²) in [6.45, 7) is 8.36. The summed E-state index contributed by atoms with van der Waals surface area (Å²) in [6, 6.07) is 0. The first-order valence-corrected chi connectivity index (χ1v) is 8.59. The lowest BCUT2D eigenvalue weighted by molar-refractivity contribution is 0.546. The molecule has 1 rings (SSSR count). The van der Waals surface area contributed by atoms with Crippen molar-refractivity contribution in [3.8, 4) is 0 Å². The second-order valence-electron chi connectivity index (χ2n) is 5.93. The number of hydrogen-bond acceptors (Lipinski definition) is 6. The van der Waals surface area contributed by atoms with Gasteiger partial charge in [-0.25, -0.2) is 18.4 Å². The Morgan fingerprint density at radius 1 is 1.15 bits per heavy atom. The summed E-state index contributed by atoms with van der Waals surface area (Å²) in [6.07, 6.45) is 1.22. The van der Waals surface area contributed by atoms with E-state index in [1.54, 1.807) is 0 Å². The van der Waals surface area contributed by atoms with E-state index in [1.807, 2.05) is 34.7 Å². The van der Waals surface area contributed by atoms with Crippen molar-refractivity contribution >= 4 is 21.5 Å². The van der Waals surface area contributed by atoms with E-state index < -0.39 is 9.84 Å². The molecule has 114 valence electrons. The molecular weight excluding hydrogens is 276 g/mol. The van der Waals surface area contributed by atoms with Gasteiger partial charge < -0.3 is 10.6 Å². The van der Waals surface area contributed by atoms with Crippen molar-refractivity contribution in [2.45, 2.75) is 33.1 Å². The quantitative estimate of drug-likeness (QED) is 0.859. The molecule has 0 aliphatic carbocycles. The van der Waals surface area contributed by atoms with E-state index in [1.165, 1.54) is 6.26 Å². The molecule has 0 saturated heterocycles. The van der Waals surface area contributed by atoms with Gasteiger partial charge in [-0.2, -0.15) is 0 Å². The Morgan fingerprint density at radius 3 is 2.15 bits per heavy atom. The van der Waals surface area contributed by atoms with Crippen LogP contribution >= 0.6 is 0 Å². The van der Waals surface area contributed by atoms with Gasteiger partial charge in [0.05, 0.1) is 5.75 Å². The summed E-state index contributed by atoms with van der Waals surface area (Å²) in [5.74, 6) is 2.23. The van der Waals surface area contributed by atoms with Crippen molar-refractivity contribution in [2.24, 2.45) is 0 Å². The molecule has 0 spiro atoms. The van der Waals surface area contributed by atoms with Gasteiger partial charge >= 0.3 is 0 Å². The van der Waals surface area contributed by atoms with Crippen LogP contribution in [0.4, 0.5) is 11.6 Å². The van der Waals surface area contributed by atoms with Gasteiger partial charge in [-0.05, 0) is 6.92 Å². The second kappa shape index (κ2) is 5.95. The molecule has 0 saturated carbocycles. The Kier molecular flexibility index (Phi) is 4.96. The third-order valence-electron chi connectivity index (χ3n) is 2.82. The van der Waals surface area contributed by atoms with Gasteiger partial charge in [0.15, 0.2) is 0 Å². The molecule has 2 N–H and O–H groups in total. The van der Waals surface area contributed by atoms with E-state index in [-0.39, 0.29) is 11.2 Å². The molecule has 1 aromatic heterocycles. The maximum absolute atomic E-state index is 11.2. The number of hydrogen-bond donors (Lipinski definition) is 2. The Hall–Kier alpha value is -1.37. The van der Waals surface area contributed by atoms with Crippen LogP contribution in [0.25, 0.3) is 0 Å². The van der Waals surface area contributed by atoms with Gasteiger partial charge in [-0.15, -0.1) is 0 Å². The molecule has 0 unspecified atom stereocenters. The number of sulfone groups is 1. The van der Waals surface area contributed by atoms with E-state index in [0.29, 0.717) is 18.2 Å². The van der Waals surface area contributed by atoms with Gasteiger partial charge in [-0.3, -0.25) is 0 Å². The molecule has 0 atom stereocenters. The van der Waals surface area contributed by atoms with Crippen molar-refractivity contribution in [1.82, 2.24) is 9.97 Å². The van der Waals surface area contributed by atoms with E-state index in [9.17, 15) is 8.42 Å². The molecule has 1 aromatic rings. The van der Waals surface area contributed by atoms with Crippen LogP contribution in [0.2, 0.25) is 0 Å². The highest BCUT2D eigenvalue weighted by Crippen LogP contribution is 2.25. The summed E-state index contributed by atoms with van der Waals surface area (Å²) in [5, 5.41) is 6.13. The van der Waals surface area contributed by atoms with Crippen molar-refractivity contribution in [1.29, 1.82) is 0 Å². The zero-order valence-electron chi connectivity index (χ0n) is 13.0. The standard InChI is InChI=1S/C13H24N4O2S/c1-9-10(14-5)16-12(13(2,3)4)17-11(9)15-7-8-20(6,18)19/h7-8H2,1-6H3,(H2,14,15,16,17). The van der Waals surface area contributed by atoms with Gasteiger partial charge in [0.1, 0.15) is 27.3 Å². The van der Waals surface area contributed by atoms with Crippen molar-refractivity contribution < 1.29 is 8.42 Å². The summed E-state index contributed by atoms with van der Waals surface area (Å²) < 4.78 is 22.3. The highest BCUT2D eigenvalue weighted by atomic mass is 32.2.